The van der Waals surface area contributed by atoms with Gasteiger partial charge in [-0.1, -0.05) is 5.21 Å². The van der Waals surface area contributed by atoms with Crippen molar-refractivity contribution in [3.05, 3.63) is 82.2 Å². The maximum absolute atomic E-state index is 14.6. The van der Waals surface area contributed by atoms with Crippen molar-refractivity contribution in [1.29, 1.82) is 0 Å². The van der Waals surface area contributed by atoms with Gasteiger partial charge in [-0.25, -0.2) is 23.1 Å². The standard InChI is InChI=1S/C37H41F2N7O4/c1-6-49-36(48)37(18-25-20-45(43-42-25)33-9-7-8-26-28(33)15-24(38)16-31(26)39)10-12-44(13-11-37)35(47)29-17-32(27-14-22(4)50-23(27)5)41-34-30(29)19-40-46(34)21(2)3/h14-17,19-21,33H,6-13,18H2,1-5H3/t33-/m1/s1. The second-order valence-corrected chi connectivity index (χ2v) is 13.8. The average molecular weight is 686 g/mol. The van der Waals surface area contributed by atoms with Gasteiger partial charge in [-0.3, -0.25) is 9.59 Å². The number of carbonyl (C=O) groups excluding carboxylic acids is 2. The molecule has 0 saturated carbocycles. The van der Waals surface area contributed by atoms with Crippen LogP contribution in [0.25, 0.3) is 22.3 Å². The summed E-state index contributed by atoms with van der Waals surface area (Å²) in [7, 11) is 0. The molecule has 11 nitrogen and oxygen atoms in total. The molecule has 1 amide bonds. The summed E-state index contributed by atoms with van der Waals surface area (Å²) < 4.78 is 43.6. The Hall–Kier alpha value is -4.94. The Kier molecular flexibility index (Phi) is 8.77. The van der Waals surface area contributed by atoms with Crippen molar-refractivity contribution in [2.75, 3.05) is 19.7 Å². The second kappa shape index (κ2) is 13.1. The number of halogens is 2. The summed E-state index contributed by atoms with van der Waals surface area (Å²) in [6, 6.07) is 5.69. The number of ether oxygens (including phenoxy) is 1. The summed E-state index contributed by atoms with van der Waals surface area (Å²) in [5.41, 5.74) is 3.28. The number of rotatable bonds is 8. The van der Waals surface area contributed by atoms with E-state index in [1.54, 1.807) is 35.0 Å². The van der Waals surface area contributed by atoms with Crippen LogP contribution in [0.15, 0.2) is 41.1 Å². The molecular formula is C37H41F2N7O4. The Morgan fingerprint density at radius 3 is 2.60 bits per heavy atom. The number of likely N-dealkylation sites (tertiary alicyclic amines) is 1. The molecule has 13 heteroatoms. The van der Waals surface area contributed by atoms with Crippen LogP contribution in [0.4, 0.5) is 8.78 Å². The number of benzene rings is 1. The molecule has 7 rings (SSSR count). The molecule has 262 valence electrons. The van der Waals surface area contributed by atoms with Gasteiger partial charge in [-0.05, 0) is 96.0 Å². The number of aromatic nitrogens is 6. The lowest BCUT2D eigenvalue weighted by molar-refractivity contribution is -0.158. The van der Waals surface area contributed by atoms with E-state index in [0.717, 1.165) is 23.8 Å². The molecule has 1 aromatic carbocycles. The fourth-order valence-corrected chi connectivity index (χ4v) is 7.62. The van der Waals surface area contributed by atoms with Crippen molar-refractivity contribution < 1.29 is 27.5 Å². The normalized spacial score (nSPS) is 17.4. The van der Waals surface area contributed by atoms with Crippen LogP contribution < -0.4 is 0 Å². The quantitative estimate of drug-likeness (QED) is 0.165. The highest BCUT2D eigenvalue weighted by molar-refractivity contribution is 6.06. The highest BCUT2D eigenvalue weighted by atomic mass is 19.1. The lowest BCUT2D eigenvalue weighted by Gasteiger charge is -2.39. The summed E-state index contributed by atoms with van der Waals surface area (Å²) in [6.45, 7) is 10.4. The number of carbonyl (C=O) groups is 2. The SMILES string of the molecule is CCOC(=O)C1(Cc2cn([C@@H]3CCCc4c(F)cc(F)cc43)nn2)CCN(C(=O)c2cc(-c3cc(C)oc3C)nc3c2cnn3C(C)C)CC1. The van der Waals surface area contributed by atoms with Crippen LogP contribution in [-0.4, -0.2) is 66.2 Å². The molecule has 0 unspecified atom stereocenters. The van der Waals surface area contributed by atoms with Crippen molar-refractivity contribution in [2.24, 2.45) is 5.41 Å². The number of amides is 1. The van der Waals surface area contributed by atoms with Gasteiger partial charge in [0.25, 0.3) is 5.91 Å². The topological polar surface area (TPSA) is 121 Å². The predicted octanol–water partition coefficient (Wildman–Crippen LogP) is 6.71. The van der Waals surface area contributed by atoms with E-state index < -0.39 is 17.0 Å². The minimum Gasteiger partial charge on any atom is -0.466 e. The first-order valence-electron chi connectivity index (χ1n) is 17.3. The van der Waals surface area contributed by atoms with E-state index in [-0.39, 0.29) is 37.0 Å². The van der Waals surface area contributed by atoms with Gasteiger partial charge < -0.3 is 14.1 Å². The molecule has 1 atom stereocenters. The van der Waals surface area contributed by atoms with Crippen molar-refractivity contribution >= 4 is 22.9 Å². The molecule has 1 aliphatic carbocycles. The first-order valence-corrected chi connectivity index (χ1v) is 17.3. The summed E-state index contributed by atoms with van der Waals surface area (Å²) in [6.07, 6.45) is 6.37. The number of aryl methyl sites for hydroxylation is 2. The molecular weight excluding hydrogens is 644 g/mol. The molecule has 50 heavy (non-hydrogen) atoms. The Balaban J connectivity index is 1.15. The highest BCUT2D eigenvalue weighted by Gasteiger charge is 2.45. The Morgan fingerprint density at radius 2 is 1.90 bits per heavy atom. The van der Waals surface area contributed by atoms with Crippen LogP contribution in [0, 0.1) is 30.9 Å². The summed E-state index contributed by atoms with van der Waals surface area (Å²) >= 11 is 0. The van der Waals surface area contributed by atoms with E-state index in [0.29, 0.717) is 83.6 Å². The van der Waals surface area contributed by atoms with Crippen molar-refractivity contribution in [1.82, 2.24) is 34.7 Å². The molecule has 1 saturated heterocycles. The molecule has 0 spiro atoms. The molecule has 2 aliphatic rings. The molecule has 0 N–H and O–H groups in total. The van der Waals surface area contributed by atoms with Crippen molar-refractivity contribution in [3.63, 3.8) is 0 Å². The van der Waals surface area contributed by atoms with Crippen molar-refractivity contribution in [3.8, 4) is 11.3 Å². The molecule has 5 heterocycles. The van der Waals surface area contributed by atoms with Gasteiger partial charge in [-0.15, -0.1) is 5.10 Å². The largest absolute Gasteiger partial charge is 0.466 e. The van der Waals surface area contributed by atoms with Gasteiger partial charge >= 0.3 is 5.97 Å². The number of nitrogens with zero attached hydrogens (tertiary/aromatic N) is 7. The van der Waals surface area contributed by atoms with Crippen LogP contribution in [0.3, 0.4) is 0 Å². The van der Waals surface area contributed by atoms with E-state index in [2.05, 4.69) is 15.4 Å². The Bertz CT molecular complexity index is 2090. The number of hydrogen-bond acceptors (Lipinski definition) is 8. The van der Waals surface area contributed by atoms with Gasteiger partial charge in [0.1, 0.15) is 23.2 Å². The van der Waals surface area contributed by atoms with Gasteiger partial charge in [-0.2, -0.15) is 5.10 Å². The molecule has 0 bridgehead atoms. The Labute approximate surface area is 288 Å². The lowest BCUT2D eigenvalue weighted by atomic mass is 9.74. The van der Waals surface area contributed by atoms with E-state index in [1.807, 2.05) is 38.4 Å². The molecule has 0 radical (unpaired) electrons. The third kappa shape index (κ3) is 5.96. The number of esters is 1. The zero-order valence-electron chi connectivity index (χ0n) is 29.0. The van der Waals surface area contributed by atoms with Crippen LogP contribution in [0.1, 0.15) is 97.2 Å². The van der Waals surface area contributed by atoms with E-state index >= 15 is 0 Å². The van der Waals surface area contributed by atoms with Crippen LogP contribution in [-0.2, 0) is 22.4 Å². The fraction of sp³-hybridized carbons (Fsp3) is 0.459. The average Bonchev–Trinajstić information content (AvgIpc) is 3.82. The van der Waals surface area contributed by atoms with Gasteiger partial charge in [0.05, 0.1) is 46.6 Å². The Morgan fingerprint density at radius 1 is 1.12 bits per heavy atom. The number of hydrogen-bond donors (Lipinski definition) is 0. The van der Waals surface area contributed by atoms with Crippen molar-refractivity contribution in [2.45, 2.75) is 85.2 Å². The third-order valence-electron chi connectivity index (χ3n) is 10.2. The number of furan rings is 1. The highest BCUT2D eigenvalue weighted by Crippen LogP contribution is 2.39. The molecule has 1 fully saturated rings. The van der Waals surface area contributed by atoms with Gasteiger partial charge in [0.2, 0.25) is 0 Å². The maximum Gasteiger partial charge on any atom is 0.312 e. The molecule has 4 aromatic heterocycles. The third-order valence-corrected chi connectivity index (χ3v) is 10.2. The van der Waals surface area contributed by atoms with E-state index in [1.165, 1.54) is 6.07 Å². The lowest BCUT2D eigenvalue weighted by Crippen LogP contribution is -2.48. The monoisotopic (exact) mass is 685 g/mol. The van der Waals surface area contributed by atoms with E-state index in [4.69, 9.17) is 14.1 Å². The number of pyridine rings is 1. The molecule has 5 aromatic rings. The molecule has 1 aliphatic heterocycles. The predicted molar refractivity (Wildman–Crippen MR) is 180 cm³/mol. The number of piperidine rings is 1. The summed E-state index contributed by atoms with van der Waals surface area (Å²) in [4.78, 5) is 34.6. The smallest absolute Gasteiger partial charge is 0.312 e. The van der Waals surface area contributed by atoms with E-state index in [9.17, 15) is 18.4 Å². The first-order chi connectivity index (χ1) is 24.0. The first kappa shape index (κ1) is 33.6. The fourth-order valence-electron chi connectivity index (χ4n) is 7.62. The van der Waals surface area contributed by atoms with Gasteiger partial charge in [0.15, 0.2) is 5.65 Å². The van der Waals surface area contributed by atoms with Crippen LogP contribution in [0.2, 0.25) is 0 Å². The minimum atomic E-state index is -0.928. The minimum absolute atomic E-state index is 0.0266. The van der Waals surface area contributed by atoms with Gasteiger partial charge in [0, 0.05) is 43.4 Å². The summed E-state index contributed by atoms with van der Waals surface area (Å²) in [5.74, 6) is -0.214. The zero-order valence-corrected chi connectivity index (χ0v) is 29.0. The van der Waals surface area contributed by atoms with Crippen LogP contribution >= 0.6 is 0 Å². The summed E-state index contributed by atoms with van der Waals surface area (Å²) in [5, 5.41) is 14.0. The number of fused-ring (bicyclic) bond motifs is 2. The maximum atomic E-state index is 14.6. The van der Waals surface area contributed by atoms with Crippen LogP contribution in [0.5, 0.6) is 0 Å². The zero-order chi connectivity index (χ0) is 35.3. The second-order valence-electron chi connectivity index (χ2n) is 13.8.